The molecule has 3 heteroatoms. The van der Waals surface area contributed by atoms with Gasteiger partial charge in [0.2, 0.25) is 0 Å². The highest BCUT2D eigenvalue weighted by atomic mass is 16.5. The lowest BCUT2D eigenvalue weighted by molar-refractivity contribution is 0.215. The van der Waals surface area contributed by atoms with Crippen molar-refractivity contribution in [3.8, 4) is 6.07 Å². The Morgan fingerprint density at radius 2 is 1.96 bits per heavy atom. The number of allylic oxidation sites excluding steroid dienone is 3. The van der Waals surface area contributed by atoms with E-state index in [4.69, 9.17) is 5.21 Å². The van der Waals surface area contributed by atoms with Gasteiger partial charge < -0.3 is 0 Å². The molecule has 0 aliphatic rings. The first-order chi connectivity index (χ1) is 12.3. The molecule has 0 bridgehead atoms. The van der Waals surface area contributed by atoms with Crippen molar-refractivity contribution in [3.63, 3.8) is 0 Å². The summed E-state index contributed by atoms with van der Waals surface area (Å²) in [6.45, 7) is 2.12. The fraction of sp³-hybridized carbons (Fsp3) is 0.227. The summed E-state index contributed by atoms with van der Waals surface area (Å²) in [5.41, 5.74) is 7.31. The molecule has 0 heterocycles. The summed E-state index contributed by atoms with van der Waals surface area (Å²) in [6, 6.07) is 18.2. The summed E-state index contributed by atoms with van der Waals surface area (Å²) >= 11 is 0. The third-order valence-electron chi connectivity index (χ3n) is 4.20. The van der Waals surface area contributed by atoms with E-state index in [-0.39, 0.29) is 0 Å². The van der Waals surface area contributed by atoms with Gasteiger partial charge in [-0.25, -0.2) is 0 Å². The predicted molar refractivity (Wildman–Crippen MR) is 102 cm³/mol. The zero-order valence-corrected chi connectivity index (χ0v) is 14.6. The van der Waals surface area contributed by atoms with Crippen LogP contribution in [0.25, 0.3) is 5.57 Å². The van der Waals surface area contributed by atoms with E-state index in [9.17, 15) is 5.26 Å². The van der Waals surface area contributed by atoms with Gasteiger partial charge >= 0.3 is 0 Å². The van der Waals surface area contributed by atoms with Gasteiger partial charge in [0, 0.05) is 6.20 Å². The van der Waals surface area contributed by atoms with Crippen molar-refractivity contribution < 1.29 is 5.21 Å². The van der Waals surface area contributed by atoms with Crippen LogP contribution in [0.2, 0.25) is 0 Å². The minimum Gasteiger partial charge on any atom is -0.292 e. The van der Waals surface area contributed by atoms with Crippen LogP contribution in [0.3, 0.4) is 0 Å². The van der Waals surface area contributed by atoms with Crippen molar-refractivity contribution in [2.75, 3.05) is 0 Å². The van der Waals surface area contributed by atoms with Gasteiger partial charge in [0.15, 0.2) is 0 Å². The molecule has 2 N–H and O–H groups in total. The molecule has 2 aromatic carbocycles. The Balaban J connectivity index is 1.98. The molecule has 0 radical (unpaired) electrons. The Morgan fingerprint density at radius 1 is 1.16 bits per heavy atom. The molecule has 0 aliphatic heterocycles. The van der Waals surface area contributed by atoms with Crippen LogP contribution in [-0.4, -0.2) is 5.21 Å². The predicted octanol–water partition coefficient (Wildman–Crippen LogP) is 5.02. The second-order valence-corrected chi connectivity index (χ2v) is 5.80. The molecule has 0 amide bonds. The van der Waals surface area contributed by atoms with E-state index in [0.29, 0.717) is 0 Å². The summed E-state index contributed by atoms with van der Waals surface area (Å²) < 4.78 is 0. The van der Waals surface area contributed by atoms with E-state index in [2.05, 4.69) is 30.6 Å². The van der Waals surface area contributed by atoms with Gasteiger partial charge in [-0.1, -0.05) is 61.5 Å². The molecule has 0 saturated carbocycles. The van der Waals surface area contributed by atoms with Crippen molar-refractivity contribution in [3.05, 3.63) is 89.1 Å². The van der Waals surface area contributed by atoms with Crippen molar-refractivity contribution in [1.82, 2.24) is 5.48 Å². The maximum atomic E-state index is 9.30. The number of nitrogens with zero attached hydrogens (tertiary/aromatic N) is 1. The standard InChI is InChI=1S/C22H24N2O/c1-2-18-13-9-14-20(16-23)22(18)15-8-4-7-12-21(17-24-25)19-10-5-3-6-11-19/h3,5-7,9-14,17,24-25H,2,4,8,15H2,1H3/b12-7-,21-17+. The number of benzene rings is 2. The van der Waals surface area contributed by atoms with Crippen LogP contribution in [0, 0.1) is 11.3 Å². The maximum Gasteiger partial charge on any atom is 0.0994 e. The lowest BCUT2D eigenvalue weighted by Crippen LogP contribution is -1.97. The molecular formula is C22H24N2O. The molecule has 25 heavy (non-hydrogen) atoms. The Hall–Kier alpha value is -2.83. The maximum absolute atomic E-state index is 9.30. The molecule has 0 saturated heterocycles. The zero-order valence-electron chi connectivity index (χ0n) is 14.6. The van der Waals surface area contributed by atoms with E-state index >= 15 is 0 Å². The summed E-state index contributed by atoms with van der Waals surface area (Å²) in [5.74, 6) is 0. The quantitative estimate of drug-likeness (QED) is 0.405. The molecule has 3 nitrogen and oxygen atoms in total. The van der Waals surface area contributed by atoms with Gasteiger partial charge in [0.1, 0.15) is 0 Å². The number of nitrogens with one attached hydrogen (secondary N) is 1. The highest BCUT2D eigenvalue weighted by molar-refractivity contribution is 5.73. The van der Waals surface area contributed by atoms with Crippen LogP contribution >= 0.6 is 0 Å². The van der Waals surface area contributed by atoms with Crippen LogP contribution in [0.1, 0.15) is 42.0 Å². The number of hydroxylamine groups is 1. The van der Waals surface area contributed by atoms with Gasteiger partial charge in [-0.05, 0) is 54.0 Å². The van der Waals surface area contributed by atoms with E-state index in [1.165, 1.54) is 11.1 Å². The molecule has 0 spiro atoms. The largest absolute Gasteiger partial charge is 0.292 e. The second-order valence-electron chi connectivity index (χ2n) is 5.80. The van der Waals surface area contributed by atoms with E-state index < -0.39 is 0 Å². The summed E-state index contributed by atoms with van der Waals surface area (Å²) in [4.78, 5) is 0. The Bertz CT molecular complexity index is 770. The van der Waals surface area contributed by atoms with Crippen LogP contribution in [0.5, 0.6) is 0 Å². The molecule has 0 aliphatic carbocycles. The van der Waals surface area contributed by atoms with Gasteiger partial charge in [0.05, 0.1) is 11.6 Å². The Kier molecular flexibility index (Phi) is 7.49. The smallest absolute Gasteiger partial charge is 0.0994 e. The minimum absolute atomic E-state index is 0.790. The van der Waals surface area contributed by atoms with Crippen molar-refractivity contribution >= 4 is 5.57 Å². The van der Waals surface area contributed by atoms with E-state index in [1.807, 2.05) is 48.5 Å². The normalized spacial score (nSPS) is 11.5. The molecule has 0 fully saturated rings. The topological polar surface area (TPSA) is 56.0 Å². The van der Waals surface area contributed by atoms with Crippen molar-refractivity contribution in [2.24, 2.45) is 0 Å². The van der Waals surface area contributed by atoms with Gasteiger partial charge in [-0.15, -0.1) is 0 Å². The van der Waals surface area contributed by atoms with Crippen molar-refractivity contribution in [2.45, 2.75) is 32.6 Å². The number of hydrogen-bond donors (Lipinski definition) is 2. The molecule has 128 valence electrons. The summed E-state index contributed by atoms with van der Waals surface area (Å²) in [6.07, 6.45) is 9.44. The first-order valence-electron chi connectivity index (χ1n) is 8.62. The van der Waals surface area contributed by atoms with Crippen LogP contribution in [-0.2, 0) is 12.8 Å². The number of hydrogen-bond acceptors (Lipinski definition) is 3. The molecular weight excluding hydrogens is 308 g/mol. The molecule has 2 rings (SSSR count). The van der Waals surface area contributed by atoms with Gasteiger partial charge in [0.25, 0.3) is 0 Å². The van der Waals surface area contributed by atoms with E-state index in [1.54, 1.807) is 6.20 Å². The summed E-state index contributed by atoms with van der Waals surface area (Å²) in [5, 5.41) is 18.3. The van der Waals surface area contributed by atoms with Crippen molar-refractivity contribution in [1.29, 1.82) is 5.26 Å². The highest BCUT2D eigenvalue weighted by Crippen LogP contribution is 2.19. The zero-order chi connectivity index (χ0) is 17.9. The molecule has 0 atom stereocenters. The van der Waals surface area contributed by atoms with Crippen LogP contribution in [0.15, 0.2) is 66.9 Å². The molecule has 0 unspecified atom stereocenters. The third kappa shape index (κ3) is 5.34. The third-order valence-corrected chi connectivity index (χ3v) is 4.20. The Morgan fingerprint density at radius 3 is 2.64 bits per heavy atom. The number of nitriles is 1. The van der Waals surface area contributed by atoms with Gasteiger partial charge in [-0.2, -0.15) is 5.26 Å². The minimum atomic E-state index is 0.790. The lowest BCUT2D eigenvalue weighted by Gasteiger charge is -2.09. The fourth-order valence-electron chi connectivity index (χ4n) is 2.90. The fourth-order valence-corrected chi connectivity index (χ4v) is 2.90. The monoisotopic (exact) mass is 332 g/mol. The second kappa shape index (κ2) is 10.1. The number of unbranched alkanes of at least 4 members (excludes halogenated alkanes) is 1. The Labute approximate surface area is 149 Å². The number of aryl methyl sites for hydroxylation is 1. The first-order valence-corrected chi connectivity index (χ1v) is 8.62. The van der Waals surface area contributed by atoms with E-state index in [0.717, 1.165) is 42.4 Å². The SMILES string of the molecule is CCc1cccc(C#N)c1CCC/C=C\C(=C/NO)c1ccccc1. The first kappa shape index (κ1) is 18.5. The molecule has 2 aromatic rings. The summed E-state index contributed by atoms with van der Waals surface area (Å²) in [7, 11) is 0. The highest BCUT2D eigenvalue weighted by Gasteiger charge is 2.06. The lowest BCUT2D eigenvalue weighted by atomic mass is 9.95. The van der Waals surface area contributed by atoms with Crippen LogP contribution < -0.4 is 5.48 Å². The van der Waals surface area contributed by atoms with Gasteiger partial charge in [-0.3, -0.25) is 10.7 Å². The average Bonchev–Trinajstić information content (AvgIpc) is 2.67. The molecule has 0 aromatic heterocycles. The average molecular weight is 332 g/mol. The van der Waals surface area contributed by atoms with Crippen LogP contribution in [0.4, 0.5) is 0 Å². The number of rotatable bonds is 8.